The molecule has 0 aliphatic carbocycles. The highest BCUT2D eigenvalue weighted by molar-refractivity contribution is 6.41. The molecule has 1 rings (SSSR count). The summed E-state index contributed by atoms with van der Waals surface area (Å²) >= 11 is 5.36. The maximum absolute atomic E-state index is 11.0. The van der Waals surface area contributed by atoms with Crippen molar-refractivity contribution in [2.24, 2.45) is 7.05 Å². The molecule has 0 aromatic carbocycles. The average Bonchev–Trinajstić information content (AvgIpc) is 2.47. The van der Waals surface area contributed by atoms with Crippen molar-refractivity contribution in [1.29, 1.82) is 0 Å². The smallest absolute Gasteiger partial charge is 0.262 e. The lowest BCUT2D eigenvalue weighted by Gasteiger charge is -2.02. The summed E-state index contributed by atoms with van der Waals surface area (Å²) in [5.41, 5.74) is 0.797. The molecule has 1 amide bonds. The molecule has 0 aliphatic heterocycles. The summed E-state index contributed by atoms with van der Waals surface area (Å²) in [7, 11) is 1.74. The summed E-state index contributed by atoms with van der Waals surface area (Å²) in [5, 5.41) is 9.87. The minimum atomic E-state index is -0.386. The van der Waals surface area contributed by atoms with Gasteiger partial charge in [-0.3, -0.25) is 9.48 Å². The van der Waals surface area contributed by atoms with E-state index in [1.807, 2.05) is 0 Å². The monoisotopic (exact) mass is 200 g/mol. The first-order valence-electron chi connectivity index (χ1n) is 3.57. The van der Waals surface area contributed by atoms with Crippen molar-refractivity contribution >= 4 is 17.5 Å². The van der Waals surface area contributed by atoms with Crippen LogP contribution >= 0.6 is 11.6 Å². The lowest BCUT2D eigenvalue weighted by atomic mass is 10.4. The van der Waals surface area contributed by atoms with E-state index in [1.54, 1.807) is 17.9 Å². The van der Waals surface area contributed by atoms with Gasteiger partial charge in [-0.2, -0.15) is 0 Å². The molecule has 1 aromatic rings. The Morgan fingerprint density at radius 3 is 3.00 bits per heavy atom. The van der Waals surface area contributed by atoms with Gasteiger partial charge < -0.3 is 5.32 Å². The summed E-state index contributed by atoms with van der Waals surface area (Å²) in [6.45, 7) is 3.63. The van der Waals surface area contributed by atoms with E-state index >= 15 is 0 Å². The molecule has 1 aromatic heterocycles. The van der Waals surface area contributed by atoms with Crippen LogP contribution in [0.1, 0.15) is 5.69 Å². The van der Waals surface area contributed by atoms with Gasteiger partial charge in [0, 0.05) is 7.05 Å². The quantitative estimate of drug-likeness (QED) is 0.709. The van der Waals surface area contributed by atoms with Gasteiger partial charge in [0.05, 0.1) is 23.5 Å². The molecule has 0 spiro atoms. The number of halogens is 1. The molecule has 0 saturated heterocycles. The van der Waals surface area contributed by atoms with Crippen LogP contribution in [0, 0.1) is 0 Å². The van der Waals surface area contributed by atoms with Crippen LogP contribution in [0.5, 0.6) is 0 Å². The summed E-state index contributed by atoms with van der Waals surface area (Å²) in [4.78, 5) is 11.0. The molecular weight excluding hydrogens is 192 g/mol. The second-order valence-electron chi connectivity index (χ2n) is 2.44. The SMILES string of the molecule is C=C(Cl)C(=O)NCc1cnnn1C. The molecule has 0 radical (unpaired) electrons. The third kappa shape index (κ3) is 2.55. The van der Waals surface area contributed by atoms with Crippen molar-refractivity contribution < 1.29 is 4.79 Å². The fourth-order valence-corrected chi connectivity index (χ4v) is 0.805. The number of hydrogen-bond acceptors (Lipinski definition) is 3. The topological polar surface area (TPSA) is 59.8 Å². The maximum atomic E-state index is 11.0. The molecule has 0 atom stereocenters. The van der Waals surface area contributed by atoms with Crippen LogP contribution in [0.15, 0.2) is 17.8 Å². The molecule has 0 unspecified atom stereocenters. The zero-order valence-electron chi connectivity index (χ0n) is 7.12. The molecular formula is C7H9ClN4O. The highest BCUT2D eigenvalue weighted by atomic mass is 35.5. The van der Waals surface area contributed by atoms with Crippen LogP contribution in [0.2, 0.25) is 0 Å². The molecule has 1 N–H and O–H groups in total. The second-order valence-corrected chi connectivity index (χ2v) is 2.89. The predicted molar refractivity (Wildman–Crippen MR) is 47.8 cm³/mol. The van der Waals surface area contributed by atoms with Crippen LogP contribution in [0.4, 0.5) is 0 Å². The first-order valence-corrected chi connectivity index (χ1v) is 3.95. The third-order valence-corrected chi connectivity index (χ3v) is 1.66. The van der Waals surface area contributed by atoms with Crippen molar-refractivity contribution in [1.82, 2.24) is 20.3 Å². The lowest BCUT2D eigenvalue weighted by molar-refractivity contribution is -0.117. The number of aryl methyl sites for hydroxylation is 1. The second kappa shape index (κ2) is 4.04. The lowest BCUT2D eigenvalue weighted by Crippen LogP contribution is -2.23. The Morgan fingerprint density at radius 2 is 2.54 bits per heavy atom. The average molecular weight is 201 g/mol. The normalized spacial score (nSPS) is 9.69. The number of hydrogen-bond donors (Lipinski definition) is 1. The fraction of sp³-hybridized carbons (Fsp3) is 0.286. The minimum Gasteiger partial charge on any atom is -0.346 e. The van der Waals surface area contributed by atoms with Gasteiger partial charge >= 0.3 is 0 Å². The molecule has 5 nitrogen and oxygen atoms in total. The van der Waals surface area contributed by atoms with Gasteiger partial charge in [-0.15, -0.1) is 5.10 Å². The van der Waals surface area contributed by atoms with Crippen molar-refractivity contribution in [3.05, 3.63) is 23.5 Å². The number of carbonyl (C=O) groups is 1. The van der Waals surface area contributed by atoms with Gasteiger partial charge in [-0.1, -0.05) is 23.4 Å². The number of nitrogens with one attached hydrogen (secondary N) is 1. The van der Waals surface area contributed by atoms with Crippen molar-refractivity contribution in [2.45, 2.75) is 6.54 Å². The molecule has 6 heteroatoms. The van der Waals surface area contributed by atoms with Crippen LogP contribution < -0.4 is 5.32 Å². The van der Waals surface area contributed by atoms with Crippen LogP contribution in [0.25, 0.3) is 0 Å². The van der Waals surface area contributed by atoms with Gasteiger partial charge in [-0.05, 0) is 0 Å². The number of carbonyl (C=O) groups excluding carboxylic acids is 1. The summed E-state index contributed by atoms with van der Waals surface area (Å²) in [6.07, 6.45) is 1.57. The Balaban J connectivity index is 2.48. The number of amides is 1. The zero-order valence-corrected chi connectivity index (χ0v) is 7.88. The first kappa shape index (κ1) is 9.73. The number of nitrogens with zero attached hydrogens (tertiary/aromatic N) is 3. The number of aromatic nitrogens is 3. The Labute approximate surface area is 80.4 Å². The fourth-order valence-electron chi connectivity index (χ4n) is 0.738. The van der Waals surface area contributed by atoms with Crippen molar-refractivity contribution in [3.63, 3.8) is 0 Å². The Morgan fingerprint density at radius 1 is 1.85 bits per heavy atom. The Kier molecular flexibility index (Phi) is 3.02. The molecule has 0 aliphatic rings. The summed E-state index contributed by atoms with van der Waals surface area (Å²) in [6, 6.07) is 0. The Hall–Kier alpha value is -1.36. The highest BCUT2D eigenvalue weighted by Crippen LogP contribution is 1.97. The third-order valence-electron chi connectivity index (χ3n) is 1.48. The van der Waals surface area contributed by atoms with Gasteiger partial charge in [0.1, 0.15) is 0 Å². The number of rotatable bonds is 3. The van der Waals surface area contributed by atoms with Gasteiger partial charge in [-0.25, -0.2) is 0 Å². The molecule has 0 bridgehead atoms. The van der Waals surface area contributed by atoms with Gasteiger partial charge in [0.2, 0.25) is 0 Å². The van der Waals surface area contributed by atoms with E-state index < -0.39 is 0 Å². The maximum Gasteiger partial charge on any atom is 0.262 e. The summed E-state index contributed by atoms with van der Waals surface area (Å²) < 4.78 is 1.57. The highest BCUT2D eigenvalue weighted by Gasteiger charge is 2.04. The van der Waals surface area contributed by atoms with Crippen molar-refractivity contribution in [2.75, 3.05) is 0 Å². The van der Waals surface area contributed by atoms with E-state index in [0.717, 1.165) is 5.69 Å². The molecule has 1 heterocycles. The first-order chi connectivity index (χ1) is 6.11. The molecule has 0 saturated carbocycles. The molecule has 0 fully saturated rings. The van der Waals surface area contributed by atoms with E-state index in [2.05, 4.69) is 22.2 Å². The molecule has 70 valence electrons. The van der Waals surface area contributed by atoms with Crippen LogP contribution in [-0.2, 0) is 18.4 Å². The van der Waals surface area contributed by atoms with Crippen LogP contribution in [-0.4, -0.2) is 20.9 Å². The van der Waals surface area contributed by atoms with E-state index in [1.165, 1.54) is 0 Å². The van der Waals surface area contributed by atoms with E-state index in [-0.39, 0.29) is 10.9 Å². The Bertz CT molecular complexity index is 333. The summed E-state index contributed by atoms with van der Waals surface area (Å²) in [5.74, 6) is -0.386. The molecule has 13 heavy (non-hydrogen) atoms. The van der Waals surface area contributed by atoms with Crippen LogP contribution in [0.3, 0.4) is 0 Å². The standard InChI is InChI=1S/C7H9ClN4O/c1-5(8)7(13)9-3-6-4-10-11-12(6)2/h4H,1,3H2,2H3,(H,9,13). The van der Waals surface area contributed by atoms with E-state index in [0.29, 0.717) is 6.54 Å². The largest absolute Gasteiger partial charge is 0.346 e. The van der Waals surface area contributed by atoms with E-state index in [9.17, 15) is 4.79 Å². The van der Waals surface area contributed by atoms with Crippen molar-refractivity contribution in [3.8, 4) is 0 Å². The zero-order chi connectivity index (χ0) is 9.84. The van der Waals surface area contributed by atoms with E-state index in [4.69, 9.17) is 11.6 Å². The van der Waals surface area contributed by atoms with Gasteiger partial charge in [0.25, 0.3) is 5.91 Å². The van der Waals surface area contributed by atoms with Gasteiger partial charge in [0.15, 0.2) is 0 Å². The minimum absolute atomic E-state index is 0.0323. The predicted octanol–water partition coefficient (Wildman–Crippen LogP) is 0.184.